The van der Waals surface area contributed by atoms with E-state index < -0.39 is 10.0 Å². The molecule has 0 aromatic carbocycles. The fraction of sp³-hybridized carbons (Fsp3) is 1.00. The highest BCUT2D eigenvalue weighted by atomic mass is 32.2. The highest BCUT2D eigenvalue weighted by Gasteiger charge is 2.39. The van der Waals surface area contributed by atoms with Crippen molar-refractivity contribution in [1.82, 2.24) is 4.72 Å². The van der Waals surface area contributed by atoms with Gasteiger partial charge in [0.15, 0.2) is 0 Å². The van der Waals surface area contributed by atoms with E-state index in [1.165, 1.54) is 0 Å². The molecule has 0 radical (unpaired) electrons. The maximum absolute atomic E-state index is 11.4. The lowest BCUT2D eigenvalue weighted by molar-refractivity contribution is 0.400. The van der Waals surface area contributed by atoms with E-state index in [1.54, 1.807) is 0 Å². The minimum Gasteiger partial charge on any atom is -0.329 e. The largest absolute Gasteiger partial charge is 0.329 e. The molecule has 1 aliphatic rings. The number of hydrogen-bond donors (Lipinski definition) is 2. The zero-order valence-corrected chi connectivity index (χ0v) is 9.02. The zero-order chi connectivity index (χ0) is 10.1. The Labute approximate surface area is 79.9 Å². The summed E-state index contributed by atoms with van der Waals surface area (Å²) in [7, 11) is -3.17. The van der Waals surface area contributed by atoms with E-state index in [1.807, 2.05) is 13.8 Å². The van der Waals surface area contributed by atoms with Crippen molar-refractivity contribution in [3.8, 4) is 0 Å². The summed E-state index contributed by atoms with van der Waals surface area (Å²) < 4.78 is 25.5. The summed E-state index contributed by atoms with van der Waals surface area (Å²) in [6, 6.07) is 0. The molecule has 1 saturated carbocycles. The zero-order valence-electron chi connectivity index (χ0n) is 8.21. The van der Waals surface area contributed by atoms with Gasteiger partial charge in [-0.1, -0.05) is 0 Å². The molecule has 13 heavy (non-hydrogen) atoms. The Kier molecular flexibility index (Phi) is 2.99. The van der Waals surface area contributed by atoms with Crippen molar-refractivity contribution in [3.63, 3.8) is 0 Å². The number of nitrogens with two attached hydrogens (primary N) is 1. The molecule has 78 valence electrons. The smallest absolute Gasteiger partial charge is 0.213 e. The summed E-state index contributed by atoms with van der Waals surface area (Å²) >= 11 is 0. The van der Waals surface area contributed by atoms with E-state index in [4.69, 9.17) is 5.73 Å². The minimum absolute atomic E-state index is 0.0170. The van der Waals surface area contributed by atoms with Gasteiger partial charge in [0.05, 0.1) is 5.75 Å². The van der Waals surface area contributed by atoms with Gasteiger partial charge in [-0.25, -0.2) is 13.1 Å². The van der Waals surface area contributed by atoms with Crippen LogP contribution in [-0.4, -0.2) is 26.3 Å². The first-order valence-electron chi connectivity index (χ1n) is 4.59. The van der Waals surface area contributed by atoms with Gasteiger partial charge in [0.25, 0.3) is 0 Å². The monoisotopic (exact) mass is 206 g/mol. The Hall–Kier alpha value is -0.130. The number of sulfonamides is 1. The molecule has 0 bridgehead atoms. The van der Waals surface area contributed by atoms with Crippen LogP contribution in [-0.2, 0) is 10.0 Å². The van der Waals surface area contributed by atoms with Crippen LogP contribution in [0.25, 0.3) is 0 Å². The number of hydrogen-bond acceptors (Lipinski definition) is 3. The first kappa shape index (κ1) is 10.9. The third-order valence-corrected chi connectivity index (χ3v) is 4.01. The van der Waals surface area contributed by atoms with Crippen LogP contribution < -0.4 is 10.5 Å². The van der Waals surface area contributed by atoms with E-state index in [2.05, 4.69) is 4.72 Å². The Morgan fingerprint density at radius 2 is 2.00 bits per heavy atom. The Morgan fingerprint density at radius 3 is 2.38 bits per heavy atom. The summed E-state index contributed by atoms with van der Waals surface area (Å²) in [5.41, 5.74) is 4.91. The highest BCUT2D eigenvalue weighted by Crippen LogP contribution is 2.39. The first-order valence-corrected chi connectivity index (χ1v) is 6.24. The van der Waals surface area contributed by atoms with Gasteiger partial charge in [0.2, 0.25) is 10.0 Å². The van der Waals surface area contributed by atoms with Gasteiger partial charge in [-0.15, -0.1) is 0 Å². The second-order valence-corrected chi connectivity index (χ2v) is 6.05. The predicted octanol–water partition coefficient (Wildman–Crippen LogP) is 0.0531. The normalized spacial score (nSPS) is 19.0. The molecule has 0 aromatic heterocycles. The number of nitrogens with one attached hydrogen (secondary N) is 1. The molecule has 0 aliphatic heterocycles. The van der Waals surface area contributed by atoms with Crippen molar-refractivity contribution < 1.29 is 8.42 Å². The van der Waals surface area contributed by atoms with Crippen LogP contribution in [0.2, 0.25) is 0 Å². The standard InChI is InChI=1S/C8H18N2O2S/c1-8(2,7-3-4-7)10-13(11,12)6-5-9/h7,10H,3-6,9H2,1-2H3. The molecule has 0 unspecified atom stereocenters. The summed E-state index contributed by atoms with van der Waals surface area (Å²) in [6.07, 6.45) is 2.25. The van der Waals surface area contributed by atoms with Crippen LogP contribution in [0.1, 0.15) is 26.7 Å². The molecule has 0 atom stereocenters. The summed E-state index contributed by atoms with van der Waals surface area (Å²) in [5.74, 6) is 0.517. The van der Waals surface area contributed by atoms with Crippen LogP contribution in [0.3, 0.4) is 0 Å². The van der Waals surface area contributed by atoms with E-state index in [9.17, 15) is 8.42 Å². The van der Waals surface area contributed by atoms with Gasteiger partial charge in [-0.3, -0.25) is 0 Å². The molecule has 0 aromatic rings. The Morgan fingerprint density at radius 1 is 1.46 bits per heavy atom. The summed E-state index contributed by atoms with van der Waals surface area (Å²) in [6.45, 7) is 4.04. The summed E-state index contributed by atoms with van der Waals surface area (Å²) in [4.78, 5) is 0. The molecule has 3 N–H and O–H groups in total. The lowest BCUT2D eigenvalue weighted by Crippen LogP contribution is -2.46. The molecule has 0 saturated heterocycles. The molecule has 5 heteroatoms. The average molecular weight is 206 g/mol. The van der Waals surface area contributed by atoms with Crippen molar-refractivity contribution in [1.29, 1.82) is 0 Å². The molecule has 1 aliphatic carbocycles. The van der Waals surface area contributed by atoms with Gasteiger partial charge in [-0.05, 0) is 32.6 Å². The average Bonchev–Trinajstić information content (AvgIpc) is 2.62. The van der Waals surface area contributed by atoms with Crippen LogP contribution in [0.5, 0.6) is 0 Å². The maximum atomic E-state index is 11.4. The van der Waals surface area contributed by atoms with Crippen LogP contribution in [0, 0.1) is 5.92 Å². The van der Waals surface area contributed by atoms with E-state index in [0.717, 1.165) is 12.8 Å². The second kappa shape index (κ2) is 3.55. The molecule has 0 spiro atoms. The van der Waals surface area contributed by atoms with Gasteiger partial charge < -0.3 is 5.73 Å². The van der Waals surface area contributed by atoms with Crippen molar-refractivity contribution >= 4 is 10.0 Å². The molecular weight excluding hydrogens is 188 g/mol. The SMILES string of the molecule is CC(C)(NS(=O)(=O)CCN)C1CC1. The van der Waals surface area contributed by atoms with E-state index in [0.29, 0.717) is 5.92 Å². The second-order valence-electron chi connectivity index (χ2n) is 4.21. The molecule has 4 nitrogen and oxygen atoms in total. The molecule has 1 rings (SSSR count). The van der Waals surface area contributed by atoms with Gasteiger partial charge in [0.1, 0.15) is 0 Å². The van der Waals surface area contributed by atoms with Crippen molar-refractivity contribution in [2.45, 2.75) is 32.2 Å². The molecule has 0 heterocycles. The molecule has 1 fully saturated rings. The highest BCUT2D eigenvalue weighted by molar-refractivity contribution is 7.89. The Bertz CT molecular complexity index is 268. The topological polar surface area (TPSA) is 72.2 Å². The van der Waals surface area contributed by atoms with Crippen LogP contribution >= 0.6 is 0 Å². The van der Waals surface area contributed by atoms with Crippen molar-refractivity contribution in [2.75, 3.05) is 12.3 Å². The fourth-order valence-corrected chi connectivity index (χ4v) is 2.88. The first-order chi connectivity index (χ1) is 5.87. The fourth-order valence-electron chi connectivity index (χ4n) is 1.50. The lowest BCUT2D eigenvalue weighted by atomic mass is 10.0. The summed E-state index contributed by atoms with van der Waals surface area (Å²) in [5, 5.41) is 0. The van der Waals surface area contributed by atoms with Gasteiger partial charge in [-0.2, -0.15) is 0 Å². The van der Waals surface area contributed by atoms with E-state index >= 15 is 0 Å². The molecule has 0 amide bonds. The maximum Gasteiger partial charge on any atom is 0.213 e. The van der Waals surface area contributed by atoms with Gasteiger partial charge >= 0.3 is 0 Å². The molecular formula is C8H18N2O2S. The van der Waals surface area contributed by atoms with Gasteiger partial charge in [0, 0.05) is 12.1 Å². The third-order valence-electron chi connectivity index (χ3n) is 2.40. The quantitative estimate of drug-likeness (QED) is 0.668. The van der Waals surface area contributed by atoms with E-state index in [-0.39, 0.29) is 17.8 Å². The number of rotatable bonds is 5. The predicted molar refractivity (Wildman–Crippen MR) is 52.8 cm³/mol. The Balaban J connectivity index is 2.55. The minimum atomic E-state index is -3.17. The van der Waals surface area contributed by atoms with Crippen molar-refractivity contribution in [3.05, 3.63) is 0 Å². The third kappa shape index (κ3) is 3.25. The van der Waals surface area contributed by atoms with Crippen LogP contribution in [0.15, 0.2) is 0 Å². The van der Waals surface area contributed by atoms with Crippen molar-refractivity contribution in [2.24, 2.45) is 11.7 Å². The van der Waals surface area contributed by atoms with Crippen LogP contribution in [0.4, 0.5) is 0 Å². The lowest BCUT2D eigenvalue weighted by Gasteiger charge is -2.25.